The number of imide groups is 1. The van der Waals surface area contributed by atoms with Gasteiger partial charge in [0.15, 0.2) is 0 Å². The first-order valence-electron chi connectivity index (χ1n) is 8.93. The lowest BCUT2D eigenvalue weighted by Gasteiger charge is -2.25. The predicted molar refractivity (Wildman–Crippen MR) is 106 cm³/mol. The van der Waals surface area contributed by atoms with Crippen molar-refractivity contribution >= 4 is 33.7 Å². The van der Waals surface area contributed by atoms with E-state index in [0.29, 0.717) is 30.6 Å². The van der Waals surface area contributed by atoms with E-state index in [9.17, 15) is 14.4 Å². The van der Waals surface area contributed by atoms with E-state index in [0.717, 1.165) is 10.2 Å². The molecule has 1 aliphatic heterocycles. The second kappa shape index (κ2) is 9.01. The van der Waals surface area contributed by atoms with Crippen molar-refractivity contribution in [2.75, 3.05) is 13.7 Å². The molecule has 1 atom stereocenters. The molecule has 0 spiro atoms. The summed E-state index contributed by atoms with van der Waals surface area (Å²) < 4.78 is 11.4. The minimum atomic E-state index is -0.576. The zero-order valence-corrected chi connectivity index (χ0v) is 17.0. The highest BCUT2D eigenvalue weighted by Crippen LogP contribution is 2.27. The van der Waals surface area contributed by atoms with E-state index in [1.165, 1.54) is 12.0 Å². The van der Waals surface area contributed by atoms with Gasteiger partial charge in [0.25, 0.3) is 11.8 Å². The molecule has 0 aliphatic carbocycles. The van der Waals surface area contributed by atoms with Gasteiger partial charge in [-0.15, -0.1) is 0 Å². The van der Waals surface area contributed by atoms with Gasteiger partial charge in [0.1, 0.15) is 5.75 Å². The number of hydrogen-bond acceptors (Lipinski definition) is 5. The van der Waals surface area contributed by atoms with E-state index in [4.69, 9.17) is 9.47 Å². The van der Waals surface area contributed by atoms with E-state index in [2.05, 4.69) is 15.9 Å². The Bertz CT molecular complexity index is 846. The minimum absolute atomic E-state index is 0.0414. The molecule has 0 saturated carbocycles. The first kappa shape index (κ1) is 20.1. The highest BCUT2D eigenvalue weighted by molar-refractivity contribution is 9.10. The number of carbonyl (C=O) groups excluding carboxylic acids is 3. The number of esters is 1. The molecule has 6 nitrogen and oxygen atoms in total. The van der Waals surface area contributed by atoms with Crippen LogP contribution >= 0.6 is 15.9 Å². The van der Waals surface area contributed by atoms with Gasteiger partial charge >= 0.3 is 5.97 Å². The molecule has 0 radical (unpaired) electrons. The SMILES string of the molecule is COC(=O)CC(CCCOc1ccc(Br)cc1)N1C(=O)c2ccccc2C1=O. The van der Waals surface area contributed by atoms with Gasteiger partial charge in [-0.2, -0.15) is 0 Å². The lowest BCUT2D eigenvalue weighted by Crippen LogP contribution is -2.41. The van der Waals surface area contributed by atoms with Crippen molar-refractivity contribution in [3.63, 3.8) is 0 Å². The second-order valence-electron chi connectivity index (χ2n) is 6.40. The molecule has 2 amide bonds. The highest BCUT2D eigenvalue weighted by Gasteiger charge is 2.40. The van der Waals surface area contributed by atoms with E-state index in [1.807, 2.05) is 24.3 Å². The lowest BCUT2D eigenvalue weighted by atomic mass is 10.1. The fourth-order valence-electron chi connectivity index (χ4n) is 3.18. The van der Waals surface area contributed by atoms with Crippen molar-refractivity contribution in [2.24, 2.45) is 0 Å². The quantitative estimate of drug-likeness (QED) is 0.350. The van der Waals surface area contributed by atoms with E-state index < -0.39 is 12.0 Å². The molecule has 146 valence electrons. The Kier molecular flexibility index (Phi) is 6.46. The molecular weight excluding hydrogens is 426 g/mol. The topological polar surface area (TPSA) is 72.9 Å². The molecule has 0 bridgehead atoms. The summed E-state index contributed by atoms with van der Waals surface area (Å²) in [5.74, 6) is -0.476. The summed E-state index contributed by atoms with van der Waals surface area (Å²) in [5, 5.41) is 0. The monoisotopic (exact) mass is 445 g/mol. The van der Waals surface area contributed by atoms with E-state index in [-0.39, 0.29) is 18.2 Å². The molecule has 1 heterocycles. The van der Waals surface area contributed by atoms with Crippen molar-refractivity contribution in [1.82, 2.24) is 4.90 Å². The van der Waals surface area contributed by atoms with E-state index in [1.54, 1.807) is 24.3 Å². The number of hydrogen-bond donors (Lipinski definition) is 0. The van der Waals surface area contributed by atoms with Gasteiger partial charge in [-0.05, 0) is 49.2 Å². The Labute approximate surface area is 171 Å². The summed E-state index contributed by atoms with van der Waals surface area (Å²) in [5.41, 5.74) is 0.738. The zero-order valence-electron chi connectivity index (χ0n) is 15.4. The smallest absolute Gasteiger partial charge is 0.307 e. The molecule has 2 aromatic rings. The maximum Gasteiger partial charge on any atom is 0.307 e. The van der Waals surface area contributed by atoms with Gasteiger partial charge in [0.2, 0.25) is 0 Å². The molecule has 2 aromatic carbocycles. The Morgan fingerprint density at radius 2 is 1.64 bits per heavy atom. The molecular formula is C21H20BrNO5. The molecule has 7 heteroatoms. The average Bonchev–Trinajstić information content (AvgIpc) is 2.96. The molecule has 1 unspecified atom stereocenters. The first-order chi connectivity index (χ1) is 13.5. The van der Waals surface area contributed by atoms with Gasteiger partial charge < -0.3 is 9.47 Å². The van der Waals surface area contributed by atoms with Crippen LogP contribution in [0.15, 0.2) is 53.0 Å². The third-order valence-electron chi connectivity index (χ3n) is 4.58. The van der Waals surface area contributed by atoms with Gasteiger partial charge in [-0.3, -0.25) is 19.3 Å². The Hall–Kier alpha value is -2.67. The number of ether oxygens (including phenoxy) is 2. The van der Waals surface area contributed by atoms with Crippen molar-refractivity contribution < 1.29 is 23.9 Å². The number of carbonyl (C=O) groups is 3. The number of fused-ring (bicyclic) bond motifs is 1. The van der Waals surface area contributed by atoms with Crippen LogP contribution in [0.4, 0.5) is 0 Å². The molecule has 0 fully saturated rings. The summed E-state index contributed by atoms with van der Waals surface area (Å²) in [6.07, 6.45) is 0.975. The van der Waals surface area contributed by atoms with Gasteiger partial charge in [-0.1, -0.05) is 28.1 Å². The number of halogens is 1. The molecule has 0 saturated heterocycles. The van der Waals surface area contributed by atoms with Crippen molar-refractivity contribution in [3.8, 4) is 5.75 Å². The van der Waals surface area contributed by atoms with Crippen LogP contribution in [0.1, 0.15) is 40.0 Å². The van der Waals surface area contributed by atoms with Crippen LogP contribution in [-0.4, -0.2) is 42.4 Å². The van der Waals surface area contributed by atoms with Crippen molar-refractivity contribution in [1.29, 1.82) is 0 Å². The third kappa shape index (κ3) is 4.42. The fraction of sp³-hybridized carbons (Fsp3) is 0.286. The molecule has 0 aromatic heterocycles. The van der Waals surface area contributed by atoms with Crippen LogP contribution in [0.5, 0.6) is 5.75 Å². The summed E-state index contributed by atoms with van der Waals surface area (Å²) in [6.45, 7) is 0.405. The van der Waals surface area contributed by atoms with Gasteiger partial charge in [0, 0.05) is 4.47 Å². The first-order valence-corrected chi connectivity index (χ1v) is 9.72. The standard InChI is InChI=1S/C21H20BrNO5/c1-27-19(24)13-15(5-4-12-28-16-10-8-14(22)9-11-16)23-20(25)17-6-2-3-7-18(17)21(23)26/h2-3,6-11,15H,4-5,12-13H2,1H3. The van der Waals surface area contributed by atoms with Crippen LogP contribution in [0.2, 0.25) is 0 Å². The maximum absolute atomic E-state index is 12.7. The summed E-state index contributed by atoms with van der Waals surface area (Å²) >= 11 is 3.37. The third-order valence-corrected chi connectivity index (χ3v) is 5.11. The van der Waals surface area contributed by atoms with Crippen molar-refractivity contribution in [3.05, 3.63) is 64.1 Å². The largest absolute Gasteiger partial charge is 0.494 e. The van der Waals surface area contributed by atoms with Crippen LogP contribution < -0.4 is 4.74 Å². The maximum atomic E-state index is 12.7. The van der Waals surface area contributed by atoms with Crippen molar-refractivity contribution in [2.45, 2.75) is 25.3 Å². The molecule has 0 N–H and O–H groups in total. The molecule has 1 aliphatic rings. The van der Waals surface area contributed by atoms with Crippen LogP contribution in [-0.2, 0) is 9.53 Å². The average molecular weight is 446 g/mol. The Morgan fingerprint density at radius 1 is 1.04 bits per heavy atom. The van der Waals surface area contributed by atoms with Gasteiger partial charge in [-0.25, -0.2) is 0 Å². The number of benzene rings is 2. The lowest BCUT2D eigenvalue weighted by molar-refractivity contribution is -0.141. The number of nitrogens with zero attached hydrogens (tertiary/aromatic N) is 1. The zero-order chi connectivity index (χ0) is 20.1. The predicted octanol–water partition coefficient (Wildman–Crippen LogP) is 3.84. The number of methoxy groups -OCH3 is 1. The molecule has 3 rings (SSSR count). The van der Waals surface area contributed by atoms with E-state index >= 15 is 0 Å². The number of rotatable bonds is 8. The van der Waals surface area contributed by atoms with Crippen LogP contribution in [0.25, 0.3) is 0 Å². The normalized spacial score (nSPS) is 14.0. The summed E-state index contributed by atoms with van der Waals surface area (Å²) in [6, 6.07) is 13.6. The fourth-order valence-corrected chi connectivity index (χ4v) is 3.44. The van der Waals surface area contributed by atoms with Crippen LogP contribution in [0.3, 0.4) is 0 Å². The Morgan fingerprint density at radius 3 is 2.21 bits per heavy atom. The summed E-state index contributed by atoms with van der Waals surface area (Å²) in [4.78, 5) is 38.5. The Balaban J connectivity index is 1.66. The summed E-state index contributed by atoms with van der Waals surface area (Å²) in [7, 11) is 1.29. The number of amides is 2. The second-order valence-corrected chi connectivity index (χ2v) is 7.32. The highest BCUT2D eigenvalue weighted by atomic mass is 79.9. The van der Waals surface area contributed by atoms with Crippen LogP contribution in [0, 0.1) is 0 Å². The molecule has 28 heavy (non-hydrogen) atoms. The minimum Gasteiger partial charge on any atom is -0.494 e. The van der Waals surface area contributed by atoms with Gasteiger partial charge in [0.05, 0.1) is 37.3 Å².